The van der Waals surface area contributed by atoms with Crippen LogP contribution in [0.4, 0.5) is 0 Å². The highest BCUT2D eigenvalue weighted by atomic mass is 16.3. The zero-order chi connectivity index (χ0) is 19.8. The number of fused-ring (bicyclic) bond motifs is 5. The lowest BCUT2D eigenvalue weighted by molar-refractivity contribution is -0.172. The number of hydrogen-bond donors (Lipinski definition) is 1. The second kappa shape index (κ2) is 6.21. The van der Waals surface area contributed by atoms with E-state index in [0.29, 0.717) is 23.8 Å². The number of nitrogens with zero attached hydrogens (tertiary/aromatic N) is 1. The van der Waals surface area contributed by atoms with Gasteiger partial charge in [-0.2, -0.15) is 0 Å². The molecule has 3 unspecified atom stereocenters. The number of hydrogen-bond acceptors (Lipinski definition) is 2. The van der Waals surface area contributed by atoms with Crippen LogP contribution in [0.1, 0.15) is 86.0 Å². The normalized spacial score (nSPS) is 52.0. The van der Waals surface area contributed by atoms with Crippen molar-refractivity contribution in [2.45, 2.75) is 97.6 Å². The fourth-order valence-electron chi connectivity index (χ4n) is 8.73. The molecule has 0 aromatic carbocycles. The summed E-state index contributed by atoms with van der Waals surface area (Å²) < 4.78 is 0. The van der Waals surface area contributed by atoms with Gasteiger partial charge in [-0.05, 0) is 92.3 Å². The van der Waals surface area contributed by atoms with Crippen molar-refractivity contribution in [3.63, 3.8) is 0 Å². The summed E-state index contributed by atoms with van der Waals surface area (Å²) in [4.78, 5) is 14.5. The van der Waals surface area contributed by atoms with Crippen molar-refractivity contribution in [3.8, 4) is 0 Å². The molecule has 4 rings (SSSR count). The number of aliphatic hydroxyl groups is 1. The minimum atomic E-state index is -0.530. The number of carbonyl (C=O) groups is 1. The molecule has 9 atom stereocenters. The Labute approximate surface area is 166 Å². The van der Waals surface area contributed by atoms with E-state index in [1.165, 1.54) is 32.1 Å². The first-order chi connectivity index (χ1) is 12.6. The highest BCUT2D eigenvalue weighted by Crippen LogP contribution is 2.68. The van der Waals surface area contributed by atoms with Gasteiger partial charge in [0.15, 0.2) is 0 Å². The number of likely N-dealkylation sites (tertiary alicyclic amines) is 1. The molecule has 3 nitrogen and oxygen atoms in total. The van der Waals surface area contributed by atoms with E-state index in [4.69, 9.17) is 0 Å². The first kappa shape index (κ1) is 19.7. The maximum atomic E-state index is 12.4. The molecule has 4 aliphatic rings. The number of amides is 1. The van der Waals surface area contributed by atoms with E-state index >= 15 is 0 Å². The molecule has 0 radical (unpaired) electrons. The Balaban J connectivity index is 1.67. The average Bonchev–Trinajstić information content (AvgIpc) is 2.98. The van der Waals surface area contributed by atoms with Gasteiger partial charge >= 0.3 is 0 Å². The van der Waals surface area contributed by atoms with Crippen LogP contribution in [0.2, 0.25) is 0 Å². The summed E-state index contributed by atoms with van der Waals surface area (Å²) in [5.74, 6) is 3.72. The van der Waals surface area contributed by atoms with Crippen molar-refractivity contribution in [1.29, 1.82) is 0 Å². The second-order valence-corrected chi connectivity index (χ2v) is 11.4. The third-order valence-corrected chi connectivity index (χ3v) is 10.4. The SMILES string of the molecule is CCC(C)(O)[C@H]1CC[C@H]2[C@@H]3C(C)CC4N(C)C(=O)CC[C@]4(C)[C@H]3CC[C@]12C. The van der Waals surface area contributed by atoms with Gasteiger partial charge in [-0.3, -0.25) is 4.79 Å². The molecule has 0 bridgehead atoms. The van der Waals surface area contributed by atoms with E-state index in [1.807, 2.05) is 0 Å². The van der Waals surface area contributed by atoms with Gasteiger partial charge in [0, 0.05) is 19.5 Å². The van der Waals surface area contributed by atoms with Crippen molar-refractivity contribution in [3.05, 3.63) is 0 Å². The summed E-state index contributed by atoms with van der Waals surface area (Å²) in [5, 5.41) is 11.1. The standard InChI is InChI=1S/C24H41NO2/c1-7-24(5,27)18-9-8-16-21-15(2)14-19-23(4,13-11-20(26)25(19)6)17(21)10-12-22(16,18)3/h15-19,21,27H,7-14H2,1-6H3/t15?,16-,17-,18-,19?,21-,22-,23+,24?/m0/s1. The highest BCUT2D eigenvalue weighted by molar-refractivity contribution is 5.77. The lowest BCUT2D eigenvalue weighted by Gasteiger charge is -2.64. The third-order valence-electron chi connectivity index (χ3n) is 10.4. The maximum Gasteiger partial charge on any atom is 0.222 e. The molecule has 1 N–H and O–H groups in total. The summed E-state index contributed by atoms with van der Waals surface area (Å²) in [6.45, 7) is 11.7. The highest BCUT2D eigenvalue weighted by Gasteiger charge is 2.64. The van der Waals surface area contributed by atoms with Gasteiger partial charge in [0.1, 0.15) is 0 Å². The van der Waals surface area contributed by atoms with Gasteiger partial charge < -0.3 is 10.0 Å². The van der Waals surface area contributed by atoms with Crippen LogP contribution in [0.25, 0.3) is 0 Å². The molecule has 4 fully saturated rings. The van der Waals surface area contributed by atoms with E-state index in [1.54, 1.807) is 0 Å². The Morgan fingerprint density at radius 2 is 1.81 bits per heavy atom. The first-order valence-corrected chi connectivity index (χ1v) is 11.5. The van der Waals surface area contributed by atoms with Crippen LogP contribution in [0.5, 0.6) is 0 Å². The summed E-state index contributed by atoms with van der Waals surface area (Å²) in [5.41, 5.74) is 0.0409. The summed E-state index contributed by atoms with van der Waals surface area (Å²) in [7, 11) is 2.05. The van der Waals surface area contributed by atoms with Gasteiger partial charge in [0.25, 0.3) is 0 Å². The largest absolute Gasteiger partial charge is 0.390 e. The fourth-order valence-corrected chi connectivity index (χ4v) is 8.73. The molecule has 0 aromatic rings. The van der Waals surface area contributed by atoms with Gasteiger partial charge in [0.05, 0.1) is 5.60 Å². The van der Waals surface area contributed by atoms with Gasteiger partial charge in [0.2, 0.25) is 5.91 Å². The predicted octanol–water partition coefficient (Wildman–Crippen LogP) is 4.87. The maximum absolute atomic E-state index is 12.4. The van der Waals surface area contributed by atoms with Crippen LogP contribution in [-0.4, -0.2) is 34.6 Å². The van der Waals surface area contributed by atoms with E-state index in [-0.39, 0.29) is 10.8 Å². The van der Waals surface area contributed by atoms with Crippen molar-refractivity contribution >= 4 is 5.91 Å². The minimum Gasteiger partial charge on any atom is -0.390 e. The van der Waals surface area contributed by atoms with Crippen LogP contribution < -0.4 is 0 Å². The zero-order valence-corrected chi connectivity index (χ0v) is 18.4. The van der Waals surface area contributed by atoms with Crippen molar-refractivity contribution in [1.82, 2.24) is 4.90 Å². The molecule has 3 saturated carbocycles. The van der Waals surface area contributed by atoms with Crippen molar-refractivity contribution < 1.29 is 9.90 Å². The monoisotopic (exact) mass is 375 g/mol. The summed E-state index contributed by atoms with van der Waals surface area (Å²) in [6, 6.07) is 0.426. The Bertz CT molecular complexity index is 616. The predicted molar refractivity (Wildman–Crippen MR) is 109 cm³/mol. The molecule has 3 aliphatic carbocycles. The molecule has 27 heavy (non-hydrogen) atoms. The Morgan fingerprint density at radius 1 is 1.15 bits per heavy atom. The Morgan fingerprint density at radius 3 is 2.48 bits per heavy atom. The molecule has 154 valence electrons. The summed E-state index contributed by atoms with van der Waals surface area (Å²) in [6.07, 6.45) is 8.86. The van der Waals surface area contributed by atoms with E-state index in [2.05, 4.69) is 46.6 Å². The smallest absolute Gasteiger partial charge is 0.222 e. The second-order valence-electron chi connectivity index (χ2n) is 11.4. The molecule has 1 aliphatic heterocycles. The Hall–Kier alpha value is -0.570. The summed E-state index contributed by atoms with van der Waals surface area (Å²) >= 11 is 0. The molecular formula is C24H41NO2. The molecule has 3 heteroatoms. The molecule has 1 amide bonds. The number of piperidine rings is 1. The molecule has 1 saturated heterocycles. The molecule has 0 spiro atoms. The quantitative estimate of drug-likeness (QED) is 0.748. The topological polar surface area (TPSA) is 40.5 Å². The fraction of sp³-hybridized carbons (Fsp3) is 0.958. The third kappa shape index (κ3) is 2.59. The van der Waals surface area contributed by atoms with Gasteiger partial charge in [-0.15, -0.1) is 0 Å². The average molecular weight is 376 g/mol. The number of carbonyl (C=O) groups excluding carboxylic acids is 1. The van der Waals surface area contributed by atoms with Crippen LogP contribution in [0.15, 0.2) is 0 Å². The van der Waals surface area contributed by atoms with Crippen LogP contribution >= 0.6 is 0 Å². The van der Waals surface area contributed by atoms with E-state index in [9.17, 15) is 9.90 Å². The minimum absolute atomic E-state index is 0.284. The first-order valence-electron chi connectivity index (χ1n) is 11.5. The zero-order valence-electron chi connectivity index (χ0n) is 18.4. The van der Waals surface area contributed by atoms with Gasteiger partial charge in [-0.1, -0.05) is 27.7 Å². The Kier molecular flexibility index (Phi) is 4.54. The van der Waals surface area contributed by atoms with Crippen LogP contribution in [-0.2, 0) is 4.79 Å². The van der Waals surface area contributed by atoms with E-state index in [0.717, 1.165) is 37.0 Å². The van der Waals surface area contributed by atoms with Crippen LogP contribution in [0, 0.1) is 40.4 Å². The molecular weight excluding hydrogens is 334 g/mol. The molecule has 1 heterocycles. The lowest BCUT2D eigenvalue weighted by atomic mass is 9.44. The van der Waals surface area contributed by atoms with Crippen molar-refractivity contribution in [2.75, 3.05) is 7.05 Å². The molecule has 0 aromatic heterocycles. The lowest BCUT2D eigenvalue weighted by Crippen LogP contribution is -2.63. The van der Waals surface area contributed by atoms with Crippen LogP contribution in [0.3, 0.4) is 0 Å². The van der Waals surface area contributed by atoms with Crippen molar-refractivity contribution in [2.24, 2.45) is 40.4 Å². The van der Waals surface area contributed by atoms with E-state index < -0.39 is 5.60 Å². The van der Waals surface area contributed by atoms with Gasteiger partial charge in [-0.25, -0.2) is 0 Å². The number of rotatable bonds is 2.